The molecule has 4 nitrogen and oxygen atoms in total. The van der Waals surface area contributed by atoms with Gasteiger partial charge in [0.25, 0.3) is 0 Å². The molecular formula is C21H27N3O. The lowest BCUT2D eigenvalue weighted by Crippen LogP contribution is -2.43. The Bertz CT molecular complexity index is 831. The normalized spacial score (nSPS) is 22.6. The minimum absolute atomic E-state index is 0.273. The molecule has 1 N–H and O–H groups in total. The van der Waals surface area contributed by atoms with Crippen LogP contribution in [-0.2, 0) is 11.2 Å². The van der Waals surface area contributed by atoms with E-state index < -0.39 is 0 Å². The average Bonchev–Trinajstić information content (AvgIpc) is 3.02. The highest BCUT2D eigenvalue weighted by atomic mass is 16.2. The first-order valence-electron chi connectivity index (χ1n) is 9.41. The van der Waals surface area contributed by atoms with Gasteiger partial charge in [0.2, 0.25) is 5.91 Å². The molecule has 0 saturated heterocycles. The number of benzene rings is 1. The molecule has 0 unspecified atom stereocenters. The Balaban J connectivity index is 1.69. The van der Waals surface area contributed by atoms with Crippen LogP contribution < -0.4 is 0 Å². The lowest BCUT2D eigenvalue weighted by molar-refractivity contribution is -0.131. The summed E-state index contributed by atoms with van der Waals surface area (Å²) in [6, 6.07) is 6.94. The van der Waals surface area contributed by atoms with E-state index in [1.54, 1.807) is 0 Å². The van der Waals surface area contributed by atoms with Crippen LogP contribution in [0.2, 0.25) is 0 Å². The van der Waals surface area contributed by atoms with Crippen LogP contribution >= 0.6 is 0 Å². The SMILES string of the molecule is CCN(CC)C(=O)C[C@H]1C=C2c3cccc4[nH]cc(c34)C[C@H]2N(C)C1. The first-order chi connectivity index (χ1) is 12.1. The molecule has 132 valence electrons. The van der Waals surface area contributed by atoms with Crippen LogP contribution in [0.3, 0.4) is 0 Å². The van der Waals surface area contributed by atoms with Gasteiger partial charge in [-0.25, -0.2) is 0 Å². The van der Waals surface area contributed by atoms with Gasteiger partial charge in [-0.3, -0.25) is 9.69 Å². The summed E-state index contributed by atoms with van der Waals surface area (Å²) in [5.41, 5.74) is 5.38. The molecule has 1 amide bonds. The molecule has 1 aliphatic heterocycles. The van der Waals surface area contributed by atoms with Crippen LogP contribution in [0.5, 0.6) is 0 Å². The van der Waals surface area contributed by atoms with Gasteiger partial charge < -0.3 is 9.88 Å². The number of amides is 1. The van der Waals surface area contributed by atoms with E-state index in [0.717, 1.165) is 26.1 Å². The van der Waals surface area contributed by atoms with Gasteiger partial charge >= 0.3 is 0 Å². The number of H-pyrrole nitrogens is 1. The van der Waals surface area contributed by atoms with Crippen molar-refractivity contribution in [3.8, 4) is 0 Å². The van der Waals surface area contributed by atoms with Crippen LogP contribution in [0.4, 0.5) is 0 Å². The molecule has 4 heteroatoms. The van der Waals surface area contributed by atoms with Crippen LogP contribution in [0.25, 0.3) is 16.5 Å². The number of aromatic amines is 1. The van der Waals surface area contributed by atoms with Crippen molar-refractivity contribution < 1.29 is 4.79 Å². The van der Waals surface area contributed by atoms with Gasteiger partial charge in [-0.2, -0.15) is 0 Å². The fourth-order valence-electron chi connectivity index (χ4n) is 4.61. The van der Waals surface area contributed by atoms with Gasteiger partial charge in [-0.05, 0) is 56.0 Å². The number of carbonyl (C=O) groups is 1. The van der Waals surface area contributed by atoms with Crippen molar-refractivity contribution in [3.05, 3.63) is 41.6 Å². The maximum Gasteiger partial charge on any atom is 0.223 e. The monoisotopic (exact) mass is 337 g/mol. The van der Waals surface area contributed by atoms with Crippen molar-refractivity contribution in [1.82, 2.24) is 14.8 Å². The quantitative estimate of drug-likeness (QED) is 0.930. The number of carbonyl (C=O) groups excluding carboxylic acids is 1. The average molecular weight is 337 g/mol. The predicted molar refractivity (Wildman–Crippen MR) is 102 cm³/mol. The van der Waals surface area contributed by atoms with Crippen LogP contribution in [-0.4, -0.2) is 53.4 Å². The number of likely N-dealkylation sites (N-methyl/N-ethyl adjacent to an activating group) is 1. The topological polar surface area (TPSA) is 39.3 Å². The maximum absolute atomic E-state index is 12.6. The molecule has 4 rings (SSSR count). The van der Waals surface area contributed by atoms with E-state index in [4.69, 9.17) is 0 Å². The van der Waals surface area contributed by atoms with E-state index in [1.165, 1.54) is 27.6 Å². The third kappa shape index (κ3) is 2.69. The van der Waals surface area contributed by atoms with Gasteiger partial charge in [0.1, 0.15) is 0 Å². The highest BCUT2D eigenvalue weighted by Crippen LogP contribution is 2.41. The number of hydrogen-bond donors (Lipinski definition) is 1. The molecular weight excluding hydrogens is 310 g/mol. The van der Waals surface area contributed by atoms with Gasteiger partial charge in [-0.1, -0.05) is 18.2 Å². The molecule has 1 aromatic heterocycles. The number of nitrogens with one attached hydrogen (secondary N) is 1. The van der Waals surface area contributed by atoms with Crippen LogP contribution in [0.1, 0.15) is 31.4 Å². The second kappa shape index (κ2) is 6.34. The van der Waals surface area contributed by atoms with E-state index in [2.05, 4.69) is 61.3 Å². The summed E-state index contributed by atoms with van der Waals surface area (Å²) in [5, 5.41) is 1.37. The third-order valence-electron chi connectivity index (χ3n) is 5.89. The Morgan fingerprint density at radius 1 is 1.32 bits per heavy atom. The van der Waals surface area contributed by atoms with Crippen molar-refractivity contribution >= 4 is 22.4 Å². The Morgan fingerprint density at radius 2 is 2.12 bits per heavy atom. The van der Waals surface area contributed by atoms with E-state index in [9.17, 15) is 4.79 Å². The van der Waals surface area contributed by atoms with Gasteiger partial charge in [0, 0.05) is 49.2 Å². The molecule has 1 aromatic carbocycles. The van der Waals surface area contributed by atoms with Crippen molar-refractivity contribution in [1.29, 1.82) is 0 Å². The number of nitrogens with zero attached hydrogens (tertiary/aromatic N) is 2. The molecule has 1 aliphatic carbocycles. The first kappa shape index (κ1) is 16.4. The van der Waals surface area contributed by atoms with Crippen molar-refractivity contribution in [2.24, 2.45) is 5.92 Å². The highest BCUT2D eigenvalue weighted by Gasteiger charge is 2.34. The van der Waals surface area contributed by atoms with Crippen molar-refractivity contribution in [2.45, 2.75) is 32.7 Å². The van der Waals surface area contributed by atoms with Crippen LogP contribution in [0, 0.1) is 5.92 Å². The first-order valence-corrected chi connectivity index (χ1v) is 9.41. The predicted octanol–water partition coefficient (Wildman–Crippen LogP) is 3.30. The molecule has 2 aromatic rings. The van der Waals surface area contributed by atoms with Crippen LogP contribution in [0.15, 0.2) is 30.5 Å². The summed E-state index contributed by atoms with van der Waals surface area (Å²) in [6.45, 7) is 6.65. The molecule has 25 heavy (non-hydrogen) atoms. The second-order valence-corrected chi connectivity index (χ2v) is 7.35. The molecule has 0 saturated carbocycles. The highest BCUT2D eigenvalue weighted by molar-refractivity contribution is 5.98. The summed E-state index contributed by atoms with van der Waals surface area (Å²) in [7, 11) is 2.20. The van der Waals surface area contributed by atoms with Crippen molar-refractivity contribution in [2.75, 3.05) is 26.7 Å². The molecule has 0 spiro atoms. The molecule has 0 fully saturated rings. The Morgan fingerprint density at radius 3 is 2.88 bits per heavy atom. The fourth-order valence-corrected chi connectivity index (χ4v) is 4.61. The third-order valence-corrected chi connectivity index (χ3v) is 5.89. The summed E-state index contributed by atoms with van der Waals surface area (Å²) in [5.74, 6) is 0.565. The van der Waals surface area contributed by atoms with Crippen molar-refractivity contribution in [3.63, 3.8) is 0 Å². The summed E-state index contributed by atoms with van der Waals surface area (Å²) < 4.78 is 0. The Labute approximate surface area is 149 Å². The van der Waals surface area contributed by atoms with E-state index in [1.807, 2.05) is 4.90 Å². The van der Waals surface area contributed by atoms with Gasteiger partial charge in [0.05, 0.1) is 0 Å². The summed E-state index contributed by atoms with van der Waals surface area (Å²) >= 11 is 0. The smallest absolute Gasteiger partial charge is 0.223 e. The van der Waals surface area contributed by atoms with E-state index in [-0.39, 0.29) is 5.91 Å². The lowest BCUT2D eigenvalue weighted by Gasteiger charge is -2.40. The summed E-state index contributed by atoms with van der Waals surface area (Å²) in [4.78, 5) is 20.3. The number of hydrogen-bond acceptors (Lipinski definition) is 2. The fraction of sp³-hybridized carbons (Fsp3) is 0.476. The zero-order chi connectivity index (χ0) is 17.6. The number of aromatic nitrogens is 1. The maximum atomic E-state index is 12.6. The van der Waals surface area contributed by atoms with E-state index >= 15 is 0 Å². The molecule has 2 aliphatic rings. The zero-order valence-corrected chi connectivity index (χ0v) is 15.4. The number of fused-ring (bicyclic) bond motifs is 2. The van der Waals surface area contributed by atoms with Gasteiger partial charge in [0.15, 0.2) is 0 Å². The standard InChI is InChI=1S/C21H27N3O/c1-4-24(5-2)20(25)10-14-9-17-16-7-6-8-18-21(16)15(12-22-18)11-19(17)23(3)13-14/h6-9,12,14,19,22H,4-5,10-11,13H2,1-3H3/t14-,19-/m1/s1. The van der Waals surface area contributed by atoms with Gasteiger partial charge in [-0.15, -0.1) is 0 Å². The molecule has 2 heterocycles. The lowest BCUT2D eigenvalue weighted by atomic mass is 9.79. The largest absolute Gasteiger partial charge is 0.361 e. The van der Waals surface area contributed by atoms with E-state index in [0.29, 0.717) is 18.4 Å². The minimum Gasteiger partial charge on any atom is -0.361 e. The molecule has 2 atom stereocenters. The Hall–Kier alpha value is -2.07. The minimum atomic E-state index is 0.273. The zero-order valence-electron chi connectivity index (χ0n) is 15.4. The summed E-state index contributed by atoms with van der Waals surface area (Å²) in [6.07, 6.45) is 6.21. The second-order valence-electron chi connectivity index (χ2n) is 7.35. The number of rotatable bonds is 4. The Kier molecular flexibility index (Phi) is 4.16. The molecule has 0 radical (unpaired) electrons. The molecule has 0 bridgehead atoms.